The van der Waals surface area contributed by atoms with E-state index in [0.29, 0.717) is 19.0 Å². The van der Waals surface area contributed by atoms with Crippen LogP contribution in [-0.2, 0) is 6.54 Å². The lowest BCUT2D eigenvalue weighted by Crippen LogP contribution is -2.42. The Labute approximate surface area is 112 Å². The van der Waals surface area contributed by atoms with Gasteiger partial charge in [-0.2, -0.15) is 0 Å². The van der Waals surface area contributed by atoms with Gasteiger partial charge < -0.3 is 14.8 Å². The standard InChI is InChI=1S/C14H19FN2O2/c15-12-8-11(10-17-4-2-16-3-5-17)9-13-14(12)19-7-1-6-18-13/h8-9,16H,1-7,10H2. The Balaban J connectivity index is 1.78. The minimum absolute atomic E-state index is 0.265. The molecule has 19 heavy (non-hydrogen) atoms. The Hall–Kier alpha value is -1.33. The van der Waals surface area contributed by atoms with Crippen molar-refractivity contribution >= 4 is 0 Å². The quantitative estimate of drug-likeness (QED) is 0.877. The fourth-order valence-corrected chi connectivity index (χ4v) is 2.50. The molecule has 2 aliphatic rings. The van der Waals surface area contributed by atoms with Crippen molar-refractivity contribution in [1.82, 2.24) is 10.2 Å². The molecule has 0 radical (unpaired) electrons. The fraction of sp³-hybridized carbons (Fsp3) is 0.571. The lowest BCUT2D eigenvalue weighted by Gasteiger charge is -2.27. The van der Waals surface area contributed by atoms with Gasteiger partial charge in [-0.15, -0.1) is 0 Å². The molecule has 0 atom stereocenters. The van der Waals surface area contributed by atoms with Gasteiger partial charge in [-0.3, -0.25) is 4.90 Å². The smallest absolute Gasteiger partial charge is 0.197 e. The first-order valence-electron chi connectivity index (χ1n) is 6.84. The van der Waals surface area contributed by atoms with Gasteiger partial charge in [0, 0.05) is 39.1 Å². The van der Waals surface area contributed by atoms with E-state index in [1.54, 1.807) is 6.07 Å². The summed E-state index contributed by atoms with van der Waals surface area (Å²) in [7, 11) is 0. The molecule has 0 spiro atoms. The lowest BCUT2D eigenvalue weighted by molar-refractivity contribution is 0.232. The van der Waals surface area contributed by atoms with Gasteiger partial charge in [0.15, 0.2) is 17.3 Å². The molecule has 1 saturated heterocycles. The first kappa shape index (κ1) is 12.7. The zero-order valence-corrected chi connectivity index (χ0v) is 11.0. The van der Waals surface area contributed by atoms with Gasteiger partial charge in [-0.25, -0.2) is 4.39 Å². The number of nitrogens with zero attached hydrogens (tertiary/aromatic N) is 1. The molecule has 0 bridgehead atoms. The number of benzene rings is 1. The first-order chi connectivity index (χ1) is 9.33. The van der Waals surface area contributed by atoms with E-state index in [4.69, 9.17) is 9.47 Å². The number of nitrogens with one attached hydrogen (secondary N) is 1. The summed E-state index contributed by atoms with van der Waals surface area (Å²) >= 11 is 0. The third-order valence-corrected chi connectivity index (χ3v) is 3.48. The number of piperazine rings is 1. The van der Waals surface area contributed by atoms with E-state index in [0.717, 1.165) is 44.7 Å². The van der Waals surface area contributed by atoms with Gasteiger partial charge in [-0.05, 0) is 17.7 Å². The summed E-state index contributed by atoms with van der Waals surface area (Å²) < 4.78 is 25.0. The minimum Gasteiger partial charge on any atom is -0.489 e. The predicted molar refractivity (Wildman–Crippen MR) is 70.2 cm³/mol. The topological polar surface area (TPSA) is 33.7 Å². The molecule has 0 aliphatic carbocycles. The summed E-state index contributed by atoms with van der Waals surface area (Å²) in [5, 5.41) is 3.31. The van der Waals surface area contributed by atoms with E-state index in [2.05, 4.69) is 10.2 Å². The van der Waals surface area contributed by atoms with Crippen LogP contribution in [0.25, 0.3) is 0 Å². The second-order valence-electron chi connectivity index (χ2n) is 4.98. The van der Waals surface area contributed by atoms with E-state index < -0.39 is 0 Å². The minimum atomic E-state index is -0.315. The molecule has 4 nitrogen and oxygen atoms in total. The van der Waals surface area contributed by atoms with Crippen LogP contribution in [0.5, 0.6) is 11.5 Å². The number of hydrogen-bond acceptors (Lipinski definition) is 4. The highest BCUT2D eigenvalue weighted by atomic mass is 19.1. The van der Waals surface area contributed by atoms with Gasteiger partial charge in [0.2, 0.25) is 0 Å². The maximum atomic E-state index is 14.0. The largest absolute Gasteiger partial charge is 0.489 e. The zero-order valence-electron chi connectivity index (χ0n) is 11.0. The van der Waals surface area contributed by atoms with Crippen molar-refractivity contribution in [1.29, 1.82) is 0 Å². The van der Waals surface area contributed by atoms with Crippen LogP contribution in [0, 0.1) is 5.82 Å². The van der Waals surface area contributed by atoms with Crippen LogP contribution in [0.4, 0.5) is 4.39 Å². The van der Waals surface area contributed by atoms with Crippen molar-refractivity contribution in [3.63, 3.8) is 0 Å². The van der Waals surface area contributed by atoms with Crippen molar-refractivity contribution < 1.29 is 13.9 Å². The van der Waals surface area contributed by atoms with Crippen LogP contribution < -0.4 is 14.8 Å². The van der Waals surface area contributed by atoms with Crippen LogP contribution in [0.2, 0.25) is 0 Å². The molecule has 0 unspecified atom stereocenters. The van der Waals surface area contributed by atoms with Crippen LogP contribution in [-0.4, -0.2) is 44.3 Å². The number of fused-ring (bicyclic) bond motifs is 1. The second-order valence-corrected chi connectivity index (χ2v) is 4.98. The average Bonchev–Trinajstić information content (AvgIpc) is 2.65. The molecule has 5 heteroatoms. The molecule has 0 amide bonds. The number of ether oxygens (including phenoxy) is 2. The van der Waals surface area contributed by atoms with Crippen molar-refractivity contribution in [3.05, 3.63) is 23.5 Å². The van der Waals surface area contributed by atoms with E-state index in [-0.39, 0.29) is 11.6 Å². The van der Waals surface area contributed by atoms with Gasteiger partial charge in [0.25, 0.3) is 0 Å². The molecule has 1 aromatic carbocycles. The fourth-order valence-electron chi connectivity index (χ4n) is 2.50. The van der Waals surface area contributed by atoms with Crippen LogP contribution in [0.15, 0.2) is 12.1 Å². The Kier molecular flexibility index (Phi) is 3.84. The summed E-state index contributed by atoms with van der Waals surface area (Å²) in [6.45, 7) is 5.84. The van der Waals surface area contributed by atoms with Crippen molar-refractivity contribution in [2.45, 2.75) is 13.0 Å². The highest BCUT2D eigenvalue weighted by Gasteiger charge is 2.18. The Morgan fingerprint density at radius 1 is 1.16 bits per heavy atom. The van der Waals surface area contributed by atoms with E-state index in [9.17, 15) is 4.39 Å². The summed E-state index contributed by atoms with van der Waals surface area (Å²) in [5.41, 5.74) is 0.948. The summed E-state index contributed by atoms with van der Waals surface area (Å²) in [6, 6.07) is 3.47. The van der Waals surface area contributed by atoms with E-state index in [1.807, 2.05) is 6.07 Å². The van der Waals surface area contributed by atoms with Crippen LogP contribution in [0.1, 0.15) is 12.0 Å². The highest BCUT2D eigenvalue weighted by molar-refractivity contribution is 5.44. The zero-order chi connectivity index (χ0) is 13.1. The van der Waals surface area contributed by atoms with Gasteiger partial charge in [0.1, 0.15) is 0 Å². The van der Waals surface area contributed by atoms with Crippen LogP contribution >= 0.6 is 0 Å². The van der Waals surface area contributed by atoms with Crippen LogP contribution in [0.3, 0.4) is 0 Å². The molecule has 1 N–H and O–H groups in total. The van der Waals surface area contributed by atoms with Gasteiger partial charge in [0.05, 0.1) is 13.2 Å². The monoisotopic (exact) mass is 266 g/mol. The Bertz CT molecular complexity index is 447. The Morgan fingerprint density at radius 2 is 1.95 bits per heavy atom. The normalized spacial score (nSPS) is 20.1. The van der Waals surface area contributed by atoms with Gasteiger partial charge >= 0.3 is 0 Å². The average molecular weight is 266 g/mol. The molecular weight excluding hydrogens is 247 g/mol. The third-order valence-electron chi connectivity index (χ3n) is 3.48. The Morgan fingerprint density at radius 3 is 2.79 bits per heavy atom. The first-order valence-corrected chi connectivity index (χ1v) is 6.84. The number of halogens is 1. The van der Waals surface area contributed by atoms with Crippen molar-refractivity contribution in [2.75, 3.05) is 39.4 Å². The predicted octanol–water partition coefficient (Wildman–Crippen LogP) is 1.39. The molecule has 2 aliphatic heterocycles. The maximum Gasteiger partial charge on any atom is 0.197 e. The van der Waals surface area contributed by atoms with E-state index in [1.165, 1.54) is 0 Å². The van der Waals surface area contributed by atoms with Crippen molar-refractivity contribution in [2.24, 2.45) is 0 Å². The lowest BCUT2D eigenvalue weighted by atomic mass is 10.1. The van der Waals surface area contributed by atoms with Gasteiger partial charge in [-0.1, -0.05) is 0 Å². The molecule has 3 rings (SSSR count). The number of hydrogen-bond donors (Lipinski definition) is 1. The number of rotatable bonds is 2. The summed E-state index contributed by atoms with van der Waals surface area (Å²) in [6.07, 6.45) is 0.793. The maximum absolute atomic E-state index is 14.0. The molecule has 104 valence electrons. The molecular formula is C14H19FN2O2. The summed E-state index contributed by atoms with van der Waals surface area (Å²) in [4.78, 5) is 2.31. The SMILES string of the molecule is Fc1cc(CN2CCNCC2)cc2c1OCCCO2. The summed E-state index contributed by atoms with van der Waals surface area (Å²) in [5.74, 6) is 0.494. The molecule has 0 aromatic heterocycles. The molecule has 1 fully saturated rings. The highest BCUT2D eigenvalue weighted by Crippen LogP contribution is 2.34. The molecule has 2 heterocycles. The second kappa shape index (κ2) is 5.75. The van der Waals surface area contributed by atoms with E-state index >= 15 is 0 Å². The molecule has 0 saturated carbocycles. The van der Waals surface area contributed by atoms with Crippen molar-refractivity contribution in [3.8, 4) is 11.5 Å². The molecule has 1 aromatic rings. The third kappa shape index (κ3) is 2.98.